The second-order valence-electron chi connectivity index (χ2n) is 9.55. The van der Waals surface area contributed by atoms with Crippen LogP contribution >= 0.6 is 0 Å². The van der Waals surface area contributed by atoms with E-state index in [0.29, 0.717) is 30.0 Å². The lowest BCUT2D eigenvalue weighted by molar-refractivity contribution is -0.148. The van der Waals surface area contributed by atoms with Gasteiger partial charge in [0.1, 0.15) is 24.7 Å². The van der Waals surface area contributed by atoms with Crippen molar-refractivity contribution in [2.45, 2.75) is 122 Å². The zero-order valence-corrected chi connectivity index (χ0v) is 20.9. The van der Waals surface area contributed by atoms with Crippen LogP contribution in [0.2, 0.25) is 0 Å². The number of carbonyl (C=O) groups excluding carboxylic acids is 1. The van der Waals surface area contributed by atoms with Gasteiger partial charge in [0.05, 0.1) is 12.4 Å². The van der Waals surface area contributed by atoms with E-state index in [-0.39, 0.29) is 18.3 Å². The third-order valence-corrected chi connectivity index (χ3v) is 6.70. The van der Waals surface area contributed by atoms with Gasteiger partial charge in [-0.3, -0.25) is 9.36 Å². The van der Waals surface area contributed by atoms with Crippen LogP contribution in [0.5, 0.6) is 0 Å². The van der Waals surface area contributed by atoms with Gasteiger partial charge in [0.2, 0.25) is 0 Å². The van der Waals surface area contributed by atoms with E-state index in [2.05, 4.69) is 21.9 Å². The quantitative estimate of drug-likeness (QED) is 0.218. The number of imidazole rings is 1. The van der Waals surface area contributed by atoms with Crippen LogP contribution in [0.3, 0.4) is 0 Å². The average Bonchev–Trinajstić information content (AvgIpc) is 3.48. The summed E-state index contributed by atoms with van der Waals surface area (Å²) in [5.74, 6) is 0.240. The van der Waals surface area contributed by atoms with Crippen molar-refractivity contribution in [3.63, 3.8) is 0 Å². The van der Waals surface area contributed by atoms with E-state index >= 15 is 0 Å². The molecule has 0 saturated carbocycles. The minimum Gasteiger partial charge on any atom is -0.463 e. The molecule has 2 aromatic heterocycles. The van der Waals surface area contributed by atoms with Gasteiger partial charge in [-0.1, -0.05) is 84.0 Å². The van der Waals surface area contributed by atoms with E-state index in [9.17, 15) is 4.79 Å². The van der Waals surface area contributed by atoms with Crippen molar-refractivity contribution in [2.75, 3.05) is 12.3 Å². The minimum absolute atomic E-state index is 0.0998. The van der Waals surface area contributed by atoms with Crippen molar-refractivity contribution in [1.82, 2.24) is 19.5 Å². The molecule has 2 N–H and O–H groups in total. The van der Waals surface area contributed by atoms with Gasteiger partial charge in [-0.15, -0.1) is 0 Å². The molecule has 0 aromatic carbocycles. The first kappa shape index (κ1) is 26.4. The van der Waals surface area contributed by atoms with E-state index in [4.69, 9.17) is 15.2 Å². The Morgan fingerprint density at radius 1 is 0.971 bits per heavy atom. The maximum Gasteiger partial charge on any atom is 0.305 e. The molecular weight excluding hydrogens is 430 g/mol. The van der Waals surface area contributed by atoms with Gasteiger partial charge in [0, 0.05) is 6.42 Å². The Labute approximate surface area is 204 Å². The van der Waals surface area contributed by atoms with Gasteiger partial charge in [0.15, 0.2) is 11.5 Å². The highest BCUT2D eigenvalue weighted by Gasteiger charge is 2.29. The first-order valence-electron chi connectivity index (χ1n) is 13.4. The SMILES string of the molecule is CCCCCCCCCCCCCCCC(=O)OC[C@@H]1CC[C@H](n2cnc3c(N)ncnc32)O1. The Hall–Kier alpha value is -2.22. The van der Waals surface area contributed by atoms with E-state index < -0.39 is 0 Å². The molecule has 1 aliphatic rings. The fraction of sp³-hybridized carbons (Fsp3) is 0.769. The summed E-state index contributed by atoms with van der Waals surface area (Å²) in [6.07, 6.45) is 21.9. The predicted octanol–water partition coefficient (Wildman–Crippen LogP) is 6.11. The topological polar surface area (TPSA) is 105 Å². The van der Waals surface area contributed by atoms with Crippen molar-refractivity contribution in [3.05, 3.63) is 12.7 Å². The first-order chi connectivity index (χ1) is 16.7. The second kappa shape index (κ2) is 14.9. The molecule has 2 atom stereocenters. The maximum atomic E-state index is 12.1. The number of nitrogens with zero attached hydrogens (tertiary/aromatic N) is 4. The van der Waals surface area contributed by atoms with E-state index in [0.717, 1.165) is 25.7 Å². The highest BCUT2D eigenvalue weighted by Crippen LogP contribution is 2.31. The van der Waals surface area contributed by atoms with Crippen LogP contribution in [0, 0.1) is 0 Å². The summed E-state index contributed by atoms with van der Waals surface area (Å²) in [7, 11) is 0. The third kappa shape index (κ3) is 8.53. The van der Waals surface area contributed by atoms with Gasteiger partial charge in [0.25, 0.3) is 0 Å². The van der Waals surface area contributed by atoms with E-state index in [1.165, 1.54) is 77.0 Å². The lowest BCUT2D eigenvalue weighted by atomic mass is 10.0. The normalized spacial score (nSPS) is 18.0. The summed E-state index contributed by atoms with van der Waals surface area (Å²) in [5, 5.41) is 0. The molecule has 0 bridgehead atoms. The molecule has 8 nitrogen and oxygen atoms in total. The fourth-order valence-corrected chi connectivity index (χ4v) is 4.64. The lowest BCUT2D eigenvalue weighted by Gasteiger charge is -2.15. The zero-order valence-electron chi connectivity index (χ0n) is 20.9. The Kier molecular flexibility index (Phi) is 11.6. The van der Waals surface area contributed by atoms with Gasteiger partial charge in [-0.2, -0.15) is 0 Å². The molecule has 8 heteroatoms. The summed E-state index contributed by atoms with van der Waals surface area (Å²) in [4.78, 5) is 24.6. The number of hydrogen-bond donors (Lipinski definition) is 1. The van der Waals surface area contributed by atoms with Gasteiger partial charge in [-0.25, -0.2) is 15.0 Å². The molecule has 1 saturated heterocycles. The van der Waals surface area contributed by atoms with Crippen molar-refractivity contribution < 1.29 is 14.3 Å². The largest absolute Gasteiger partial charge is 0.463 e. The number of ether oxygens (including phenoxy) is 2. The van der Waals surface area contributed by atoms with Crippen LogP contribution < -0.4 is 5.73 Å². The molecule has 0 spiro atoms. The summed E-state index contributed by atoms with van der Waals surface area (Å²) < 4.78 is 13.4. The molecule has 34 heavy (non-hydrogen) atoms. The highest BCUT2D eigenvalue weighted by atomic mass is 16.6. The molecular formula is C26H43N5O3. The number of aromatic nitrogens is 4. The molecule has 1 aliphatic heterocycles. The molecule has 0 unspecified atom stereocenters. The molecule has 3 rings (SSSR count). The molecule has 0 amide bonds. The molecule has 0 aliphatic carbocycles. The van der Waals surface area contributed by atoms with Crippen molar-refractivity contribution in [2.24, 2.45) is 0 Å². The molecule has 190 valence electrons. The lowest BCUT2D eigenvalue weighted by Crippen LogP contribution is -2.19. The standard InChI is InChI=1S/C26H43N5O3/c1-2-3-4-5-6-7-8-9-10-11-12-13-14-15-23(32)33-18-21-16-17-22(34-21)31-20-30-24-25(27)28-19-29-26(24)31/h19-22H,2-18H2,1H3,(H2,27,28,29)/t21-,22+/m0/s1. The van der Waals surface area contributed by atoms with Crippen molar-refractivity contribution in [1.29, 1.82) is 0 Å². The Bertz CT molecular complexity index is 856. The fourth-order valence-electron chi connectivity index (χ4n) is 4.64. The van der Waals surface area contributed by atoms with Crippen LogP contribution in [-0.4, -0.2) is 38.2 Å². The number of esters is 1. The molecule has 2 aromatic rings. The number of hydrogen-bond acceptors (Lipinski definition) is 7. The number of unbranched alkanes of at least 4 members (excludes halogenated alkanes) is 12. The maximum absolute atomic E-state index is 12.1. The summed E-state index contributed by atoms with van der Waals surface area (Å²) in [6.45, 7) is 2.57. The van der Waals surface area contributed by atoms with Crippen molar-refractivity contribution >= 4 is 23.0 Å². The van der Waals surface area contributed by atoms with Gasteiger partial charge < -0.3 is 15.2 Å². The zero-order chi connectivity index (χ0) is 24.0. The van der Waals surface area contributed by atoms with Crippen LogP contribution in [0.4, 0.5) is 5.82 Å². The monoisotopic (exact) mass is 473 g/mol. The number of anilines is 1. The van der Waals surface area contributed by atoms with Crippen LogP contribution in [-0.2, 0) is 14.3 Å². The van der Waals surface area contributed by atoms with Crippen LogP contribution in [0.25, 0.3) is 11.2 Å². The number of nitrogen functional groups attached to an aromatic ring is 1. The summed E-state index contributed by atoms with van der Waals surface area (Å²) >= 11 is 0. The van der Waals surface area contributed by atoms with Gasteiger partial charge in [-0.05, 0) is 19.3 Å². The number of carbonyl (C=O) groups is 1. The third-order valence-electron chi connectivity index (χ3n) is 6.70. The van der Waals surface area contributed by atoms with Crippen LogP contribution in [0.15, 0.2) is 12.7 Å². The molecule has 3 heterocycles. The number of nitrogens with two attached hydrogens (primary N) is 1. The Morgan fingerprint density at radius 3 is 2.29 bits per heavy atom. The molecule has 0 radical (unpaired) electrons. The Balaban J connectivity index is 1.18. The minimum atomic E-state index is -0.177. The average molecular weight is 474 g/mol. The van der Waals surface area contributed by atoms with E-state index in [1.807, 2.05) is 4.57 Å². The first-order valence-corrected chi connectivity index (χ1v) is 13.4. The molecule has 1 fully saturated rings. The van der Waals surface area contributed by atoms with E-state index in [1.54, 1.807) is 6.33 Å². The number of rotatable bonds is 17. The Morgan fingerprint density at radius 2 is 1.62 bits per heavy atom. The van der Waals surface area contributed by atoms with Gasteiger partial charge >= 0.3 is 5.97 Å². The highest BCUT2D eigenvalue weighted by molar-refractivity contribution is 5.81. The second-order valence-corrected chi connectivity index (χ2v) is 9.55. The van der Waals surface area contributed by atoms with Crippen LogP contribution in [0.1, 0.15) is 116 Å². The summed E-state index contributed by atoms with van der Waals surface area (Å²) in [5.41, 5.74) is 7.11. The summed E-state index contributed by atoms with van der Waals surface area (Å²) in [6, 6.07) is 0. The number of fused-ring (bicyclic) bond motifs is 1. The predicted molar refractivity (Wildman–Crippen MR) is 134 cm³/mol. The smallest absolute Gasteiger partial charge is 0.305 e. The van der Waals surface area contributed by atoms with Crippen molar-refractivity contribution in [3.8, 4) is 0 Å².